The maximum absolute atomic E-state index is 13.1. The predicted octanol–water partition coefficient (Wildman–Crippen LogP) is 2.40. The molecule has 0 atom stereocenters. The van der Waals surface area contributed by atoms with Crippen LogP contribution in [0.25, 0.3) is 0 Å². The van der Waals surface area contributed by atoms with Gasteiger partial charge >= 0.3 is 5.97 Å². The molecule has 0 radical (unpaired) electrons. The van der Waals surface area contributed by atoms with Gasteiger partial charge in [-0.1, -0.05) is 0 Å². The fraction of sp³-hybridized carbons (Fsp3) is 0.300. The number of phenols is 1. The highest BCUT2D eigenvalue weighted by molar-refractivity contribution is 9.10. The summed E-state index contributed by atoms with van der Waals surface area (Å²) < 4.78 is 17.9. The molecule has 0 bridgehead atoms. The van der Waals surface area contributed by atoms with Crippen LogP contribution < -0.4 is 0 Å². The molecule has 5 heteroatoms. The lowest BCUT2D eigenvalue weighted by Crippen LogP contribution is -2.08. The van der Waals surface area contributed by atoms with Crippen molar-refractivity contribution in [3.8, 4) is 5.75 Å². The second-order valence-corrected chi connectivity index (χ2v) is 3.63. The highest BCUT2D eigenvalue weighted by Crippen LogP contribution is 2.29. The van der Waals surface area contributed by atoms with Gasteiger partial charge in [-0.2, -0.15) is 0 Å². The second kappa shape index (κ2) is 5.11. The summed E-state index contributed by atoms with van der Waals surface area (Å²) in [4.78, 5) is 11.2. The van der Waals surface area contributed by atoms with E-state index in [-0.39, 0.29) is 28.8 Å². The Morgan fingerprint density at radius 3 is 2.87 bits per heavy atom. The topological polar surface area (TPSA) is 46.5 Å². The van der Waals surface area contributed by atoms with Gasteiger partial charge in [0, 0.05) is 5.56 Å². The van der Waals surface area contributed by atoms with E-state index in [4.69, 9.17) is 4.74 Å². The van der Waals surface area contributed by atoms with Crippen molar-refractivity contribution in [1.82, 2.24) is 0 Å². The van der Waals surface area contributed by atoms with E-state index in [1.54, 1.807) is 6.92 Å². The highest BCUT2D eigenvalue weighted by atomic mass is 79.9. The molecule has 1 aromatic carbocycles. The summed E-state index contributed by atoms with van der Waals surface area (Å²) >= 11 is 2.97. The number of phenolic OH excluding ortho intramolecular Hbond substituents is 1. The van der Waals surface area contributed by atoms with Gasteiger partial charge in [-0.3, -0.25) is 4.79 Å². The third kappa shape index (κ3) is 2.92. The van der Waals surface area contributed by atoms with Gasteiger partial charge in [-0.15, -0.1) is 0 Å². The Balaban J connectivity index is 2.93. The van der Waals surface area contributed by atoms with Crippen LogP contribution >= 0.6 is 15.9 Å². The predicted molar refractivity (Wildman–Crippen MR) is 56.1 cm³/mol. The van der Waals surface area contributed by atoms with Crippen LogP contribution in [0.15, 0.2) is 16.6 Å². The van der Waals surface area contributed by atoms with E-state index in [0.29, 0.717) is 0 Å². The van der Waals surface area contributed by atoms with E-state index in [1.165, 1.54) is 6.07 Å². The molecule has 1 N–H and O–H groups in total. The second-order valence-electron chi connectivity index (χ2n) is 2.84. The molecule has 3 nitrogen and oxygen atoms in total. The molecule has 0 heterocycles. The third-order valence-corrected chi connectivity index (χ3v) is 2.66. The summed E-state index contributed by atoms with van der Waals surface area (Å²) in [5.41, 5.74) is 0.202. The molecule has 0 amide bonds. The van der Waals surface area contributed by atoms with Crippen LogP contribution in [0.1, 0.15) is 12.5 Å². The minimum absolute atomic E-state index is 0.0931. The SMILES string of the molecule is CCOC(=O)Cc1c(O)ccc(F)c1Br. The zero-order valence-electron chi connectivity index (χ0n) is 8.09. The van der Waals surface area contributed by atoms with Crippen molar-refractivity contribution in [2.24, 2.45) is 0 Å². The van der Waals surface area contributed by atoms with E-state index in [9.17, 15) is 14.3 Å². The summed E-state index contributed by atoms with van der Waals surface area (Å²) in [6.45, 7) is 1.94. The Hall–Kier alpha value is -1.10. The van der Waals surface area contributed by atoms with Crippen molar-refractivity contribution in [2.75, 3.05) is 6.61 Å². The highest BCUT2D eigenvalue weighted by Gasteiger charge is 2.14. The average Bonchev–Trinajstić information content (AvgIpc) is 2.19. The molecule has 0 aliphatic heterocycles. The summed E-state index contributed by atoms with van der Waals surface area (Å²) in [6.07, 6.45) is -0.155. The van der Waals surface area contributed by atoms with Crippen LogP contribution in [-0.4, -0.2) is 17.7 Å². The average molecular weight is 277 g/mol. The number of hydrogen-bond acceptors (Lipinski definition) is 3. The Morgan fingerprint density at radius 2 is 2.27 bits per heavy atom. The smallest absolute Gasteiger partial charge is 0.310 e. The Labute approximate surface area is 95.0 Å². The first kappa shape index (κ1) is 12.0. The molecular formula is C10H10BrFO3. The third-order valence-electron chi connectivity index (χ3n) is 1.80. The molecule has 82 valence electrons. The van der Waals surface area contributed by atoms with Gasteiger partial charge < -0.3 is 9.84 Å². The summed E-state index contributed by atoms with van der Waals surface area (Å²) in [6, 6.07) is 2.32. The lowest BCUT2D eigenvalue weighted by atomic mass is 10.1. The Bertz CT molecular complexity index is 379. The first-order valence-electron chi connectivity index (χ1n) is 4.37. The largest absolute Gasteiger partial charge is 0.508 e. The van der Waals surface area contributed by atoms with Crippen LogP contribution in [0, 0.1) is 5.82 Å². The van der Waals surface area contributed by atoms with Crippen LogP contribution in [0.5, 0.6) is 5.75 Å². The van der Waals surface area contributed by atoms with E-state index < -0.39 is 11.8 Å². The van der Waals surface area contributed by atoms with Gasteiger partial charge in [-0.25, -0.2) is 4.39 Å². The monoisotopic (exact) mass is 276 g/mol. The maximum Gasteiger partial charge on any atom is 0.310 e. The number of benzene rings is 1. The lowest BCUT2D eigenvalue weighted by molar-refractivity contribution is -0.142. The number of hydrogen-bond donors (Lipinski definition) is 1. The van der Waals surface area contributed by atoms with Crippen LogP contribution in [-0.2, 0) is 16.0 Å². The van der Waals surface area contributed by atoms with Crippen LogP contribution in [0.4, 0.5) is 4.39 Å². The Kier molecular flexibility index (Phi) is 4.08. The maximum atomic E-state index is 13.1. The molecule has 0 unspecified atom stereocenters. The molecule has 0 aliphatic carbocycles. The van der Waals surface area contributed by atoms with Crippen molar-refractivity contribution in [1.29, 1.82) is 0 Å². The molecule has 1 rings (SSSR count). The van der Waals surface area contributed by atoms with Crippen molar-refractivity contribution in [3.63, 3.8) is 0 Å². The number of carbonyl (C=O) groups is 1. The van der Waals surface area contributed by atoms with E-state index in [1.807, 2.05) is 0 Å². The number of aromatic hydroxyl groups is 1. The Morgan fingerprint density at radius 1 is 1.60 bits per heavy atom. The number of ether oxygens (including phenoxy) is 1. The molecular weight excluding hydrogens is 267 g/mol. The van der Waals surface area contributed by atoms with Gasteiger partial charge in [0.2, 0.25) is 0 Å². The van der Waals surface area contributed by atoms with Gasteiger partial charge in [0.15, 0.2) is 0 Å². The minimum atomic E-state index is -0.521. The van der Waals surface area contributed by atoms with Gasteiger partial charge in [0.05, 0.1) is 17.5 Å². The molecule has 0 saturated carbocycles. The quantitative estimate of drug-likeness (QED) is 0.863. The number of rotatable bonds is 3. The number of carbonyl (C=O) groups excluding carboxylic acids is 1. The molecule has 0 aromatic heterocycles. The zero-order chi connectivity index (χ0) is 11.4. The fourth-order valence-corrected chi connectivity index (χ4v) is 1.58. The van der Waals surface area contributed by atoms with Gasteiger partial charge in [-0.05, 0) is 35.0 Å². The lowest BCUT2D eigenvalue weighted by Gasteiger charge is -2.07. The molecule has 1 aromatic rings. The standard InChI is InChI=1S/C10H10BrFO3/c1-2-15-9(14)5-6-8(13)4-3-7(12)10(6)11/h3-4,13H,2,5H2,1H3. The van der Waals surface area contributed by atoms with E-state index >= 15 is 0 Å². The first-order chi connectivity index (χ1) is 7.06. The summed E-state index contributed by atoms with van der Waals surface area (Å²) in [5, 5.41) is 9.43. The number of halogens is 2. The molecule has 0 saturated heterocycles. The van der Waals surface area contributed by atoms with Crippen LogP contribution in [0.2, 0.25) is 0 Å². The van der Waals surface area contributed by atoms with E-state index in [0.717, 1.165) is 6.07 Å². The van der Waals surface area contributed by atoms with Crippen molar-refractivity contribution < 1.29 is 19.0 Å². The fourth-order valence-electron chi connectivity index (χ4n) is 1.11. The molecule has 15 heavy (non-hydrogen) atoms. The number of esters is 1. The van der Waals surface area contributed by atoms with Crippen molar-refractivity contribution >= 4 is 21.9 Å². The molecule has 0 spiro atoms. The minimum Gasteiger partial charge on any atom is -0.508 e. The van der Waals surface area contributed by atoms with E-state index in [2.05, 4.69) is 15.9 Å². The summed E-state index contributed by atoms with van der Waals surface area (Å²) in [7, 11) is 0. The first-order valence-corrected chi connectivity index (χ1v) is 5.17. The van der Waals surface area contributed by atoms with Crippen molar-refractivity contribution in [3.05, 3.63) is 28.0 Å². The normalized spacial score (nSPS) is 10.1. The van der Waals surface area contributed by atoms with Gasteiger partial charge in [0.1, 0.15) is 11.6 Å². The van der Waals surface area contributed by atoms with Gasteiger partial charge in [0.25, 0.3) is 0 Å². The molecule has 0 aliphatic rings. The van der Waals surface area contributed by atoms with Crippen molar-refractivity contribution in [2.45, 2.75) is 13.3 Å². The summed E-state index contributed by atoms with van der Waals surface area (Å²) in [5.74, 6) is -1.15. The molecule has 0 fully saturated rings. The zero-order valence-corrected chi connectivity index (χ0v) is 9.67. The van der Waals surface area contributed by atoms with Crippen LogP contribution in [0.3, 0.4) is 0 Å².